The topological polar surface area (TPSA) is 85.1 Å². The second-order valence-electron chi connectivity index (χ2n) is 6.24. The van der Waals surface area contributed by atoms with Crippen LogP contribution >= 0.6 is 11.3 Å². The zero-order valence-corrected chi connectivity index (χ0v) is 16.9. The van der Waals surface area contributed by atoms with Crippen LogP contribution in [0.4, 0.5) is 10.1 Å². The van der Waals surface area contributed by atoms with E-state index < -0.39 is 15.8 Å². The number of anilines is 1. The smallest absolute Gasteiger partial charge is 0.271 e. The number of sulfonamides is 1. The molecule has 0 saturated heterocycles. The second kappa shape index (κ2) is 7.76. The number of hydrogen-bond acceptors (Lipinski definition) is 6. The summed E-state index contributed by atoms with van der Waals surface area (Å²) in [6.07, 6.45) is 0.878. The largest absolute Gasteiger partial charge is 0.334 e. The molecule has 2 aromatic heterocycles. The van der Waals surface area contributed by atoms with Gasteiger partial charge in [0.2, 0.25) is 5.82 Å². The first kappa shape index (κ1) is 19.3. The first-order valence-corrected chi connectivity index (χ1v) is 11.1. The van der Waals surface area contributed by atoms with Crippen LogP contribution in [0, 0.1) is 5.82 Å². The number of nitrogens with zero attached hydrogens (tertiary/aromatic N) is 2. The molecule has 2 heterocycles. The molecule has 148 valence electrons. The molecule has 4 aromatic rings. The number of benzene rings is 2. The van der Waals surface area contributed by atoms with Crippen molar-refractivity contribution in [3.05, 3.63) is 71.4 Å². The van der Waals surface area contributed by atoms with Crippen LogP contribution in [0.3, 0.4) is 0 Å². The molecule has 0 unspecified atom stereocenters. The van der Waals surface area contributed by atoms with Gasteiger partial charge in [0.05, 0.1) is 5.56 Å². The Bertz CT molecular complexity index is 1250. The SMILES string of the molecule is CCc1ccc(NS(=O)(=O)c2cc(-c3nc(-c4cccc(F)c4)no3)cs2)cc1. The van der Waals surface area contributed by atoms with Crippen LogP contribution in [0.1, 0.15) is 12.5 Å². The van der Waals surface area contributed by atoms with E-state index in [1.165, 1.54) is 18.2 Å². The van der Waals surface area contributed by atoms with Crippen LogP contribution in [0.15, 0.2) is 68.7 Å². The third-order valence-corrected chi connectivity index (χ3v) is 7.03. The first-order chi connectivity index (χ1) is 13.9. The molecule has 0 saturated carbocycles. The predicted octanol–water partition coefficient (Wildman–Crippen LogP) is 4.97. The highest BCUT2D eigenvalue weighted by Gasteiger charge is 2.20. The molecule has 4 rings (SSSR count). The number of rotatable bonds is 6. The standard InChI is InChI=1S/C20H16FN3O3S2/c1-2-13-6-8-17(9-7-13)24-29(25,26)18-11-15(12-28-18)20-22-19(23-27-20)14-4-3-5-16(21)10-14/h3-12,24H,2H2,1H3. The van der Waals surface area contributed by atoms with E-state index >= 15 is 0 Å². The van der Waals surface area contributed by atoms with E-state index in [9.17, 15) is 12.8 Å². The number of aromatic nitrogens is 2. The molecule has 0 aliphatic carbocycles. The van der Waals surface area contributed by atoms with Gasteiger partial charge in [-0.15, -0.1) is 11.3 Å². The number of hydrogen-bond donors (Lipinski definition) is 1. The van der Waals surface area contributed by atoms with E-state index in [1.54, 1.807) is 29.6 Å². The van der Waals surface area contributed by atoms with Crippen molar-refractivity contribution in [3.63, 3.8) is 0 Å². The molecule has 0 bridgehead atoms. The summed E-state index contributed by atoms with van der Waals surface area (Å²) in [4.78, 5) is 4.24. The Kier molecular flexibility index (Phi) is 5.16. The maximum atomic E-state index is 13.4. The van der Waals surface area contributed by atoms with Crippen molar-refractivity contribution < 1.29 is 17.3 Å². The van der Waals surface area contributed by atoms with E-state index in [1.807, 2.05) is 19.1 Å². The average molecular weight is 429 g/mol. The zero-order chi connectivity index (χ0) is 20.4. The van der Waals surface area contributed by atoms with Gasteiger partial charge >= 0.3 is 0 Å². The summed E-state index contributed by atoms with van der Waals surface area (Å²) < 4.78 is 46.6. The summed E-state index contributed by atoms with van der Waals surface area (Å²) in [5.74, 6) is -0.0192. The van der Waals surface area contributed by atoms with Crippen LogP contribution < -0.4 is 4.72 Å². The van der Waals surface area contributed by atoms with Crippen molar-refractivity contribution in [1.82, 2.24) is 10.1 Å². The van der Waals surface area contributed by atoms with Gasteiger partial charge in [-0.25, -0.2) is 12.8 Å². The lowest BCUT2D eigenvalue weighted by atomic mass is 10.2. The summed E-state index contributed by atoms with van der Waals surface area (Å²) in [5, 5.41) is 5.47. The molecule has 6 nitrogen and oxygen atoms in total. The molecule has 0 spiro atoms. The van der Waals surface area contributed by atoms with Crippen LogP contribution in [-0.2, 0) is 16.4 Å². The molecule has 0 aliphatic rings. The van der Waals surface area contributed by atoms with E-state index in [2.05, 4.69) is 14.9 Å². The maximum Gasteiger partial charge on any atom is 0.271 e. The molecule has 1 N–H and O–H groups in total. The maximum absolute atomic E-state index is 13.4. The van der Waals surface area contributed by atoms with Crippen molar-refractivity contribution >= 4 is 27.0 Å². The fourth-order valence-corrected chi connectivity index (χ4v) is 4.88. The Hall–Kier alpha value is -3.04. The number of nitrogens with one attached hydrogen (secondary N) is 1. The molecule has 0 radical (unpaired) electrons. The Morgan fingerprint density at radius 2 is 1.90 bits per heavy atom. The first-order valence-electron chi connectivity index (χ1n) is 8.75. The van der Waals surface area contributed by atoms with Crippen LogP contribution in [-0.4, -0.2) is 18.6 Å². The lowest BCUT2D eigenvalue weighted by Gasteiger charge is -2.06. The number of thiophene rings is 1. The highest BCUT2D eigenvalue weighted by molar-refractivity contribution is 7.94. The third-order valence-electron chi connectivity index (χ3n) is 4.21. The summed E-state index contributed by atoms with van der Waals surface area (Å²) in [5.41, 5.74) is 2.56. The van der Waals surface area contributed by atoms with Crippen molar-refractivity contribution in [2.75, 3.05) is 4.72 Å². The lowest BCUT2D eigenvalue weighted by molar-refractivity contribution is 0.432. The minimum Gasteiger partial charge on any atom is -0.334 e. The van der Waals surface area contributed by atoms with Gasteiger partial charge in [0.1, 0.15) is 10.0 Å². The van der Waals surface area contributed by atoms with Crippen LogP contribution in [0.5, 0.6) is 0 Å². The van der Waals surface area contributed by atoms with E-state index in [0.717, 1.165) is 23.3 Å². The van der Waals surface area contributed by atoms with Crippen molar-refractivity contribution in [3.8, 4) is 22.8 Å². The summed E-state index contributed by atoms with van der Waals surface area (Å²) in [6, 6.07) is 14.5. The molecular formula is C20H16FN3O3S2. The van der Waals surface area contributed by atoms with Crippen molar-refractivity contribution in [2.24, 2.45) is 0 Å². The molecular weight excluding hydrogens is 413 g/mol. The summed E-state index contributed by atoms with van der Waals surface area (Å²) in [6.45, 7) is 2.03. The summed E-state index contributed by atoms with van der Waals surface area (Å²) >= 11 is 1.05. The monoisotopic (exact) mass is 429 g/mol. The molecule has 0 amide bonds. The Balaban J connectivity index is 1.56. The molecule has 0 atom stereocenters. The zero-order valence-electron chi connectivity index (χ0n) is 15.3. The van der Waals surface area contributed by atoms with Crippen LogP contribution in [0.2, 0.25) is 0 Å². The number of halogens is 1. The highest BCUT2D eigenvalue weighted by atomic mass is 32.2. The molecule has 9 heteroatoms. The molecule has 0 aliphatic heterocycles. The van der Waals surface area contributed by atoms with Crippen molar-refractivity contribution in [2.45, 2.75) is 17.6 Å². The third kappa shape index (κ3) is 4.20. The van der Waals surface area contributed by atoms with Gasteiger partial charge in [0.15, 0.2) is 0 Å². The Labute approximate surface area is 171 Å². The summed E-state index contributed by atoms with van der Waals surface area (Å²) in [7, 11) is -3.74. The van der Waals surface area contributed by atoms with E-state index in [-0.39, 0.29) is 15.9 Å². The van der Waals surface area contributed by atoms with Gasteiger partial charge in [-0.2, -0.15) is 4.98 Å². The fraction of sp³-hybridized carbons (Fsp3) is 0.100. The van der Waals surface area contributed by atoms with Gasteiger partial charge in [-0.1, -0.05) is 36.3 Å². The Morgan fingerprint density at radius 1 is 1.10 bits per heavy atom. The molecule has 2 aromatic carbocycles. The molecule has 0 fully saturated rings. The van der Waals surface area contributed by atoms with E-state index in [4.69, 9.17) is 4.52 Å². The van der Waals surface area contributed by atoms with Gasteiger partial charge in [-0.05, 0) is 42.3 Å². The van der Waals surface area contributed by atoms with Gasteiger partial charge in [0, 0.05) is 16.6 Å². The minimum atomic E-state index is -3.74. The van der Waals surface area contributed by atoms with Crippen LogP contribution in [0.25, 0.3) is 22.8 Å². The normalized spacial score (nSPS) is 11.5. The minimum absolute atomic E-state index is 0.123. The highest BCUT2D eigenvalue weighted by Crippen LogP contribution is 2.30. The fourth-order valence-electron chi connectivity index (χ4n) is 2.67. The van der Waals surface area contributed by atoms with Crippen molar-refractivity contribution in [1.29, 1.82) is 0 Å². The number of aryl methyl sites for hydroxylation is 1. The quantitative estimate of drug-likeness (QED) is 0.468. The molecule has 29 heavy (non-hydrogen) atoms. The Morgan fingerprint density at radius 3 is 2.62 bits per heavy atom. The van der Waals surface area contributed by atoms with Gasteiger partial charge in [-0.3, -0.25) is 4.72 Å². The average Bonchev–Trinajstić information content (AvgIpc) is 3.38. The van der Waals surface area contributed by atoms with Gasteiger partial charge in [0.25, 0.3) is 15.9 Å². The predicted molar refractivity (Wildman–Crippen MR) is 110 cm³/mol. The van der Waals surface area contributed by atoms with E-state index in [0.29, 0.717) is 16.8 Å². The van der Waals surface area contributed by atoms with Gasteiger partial charge < -0.3 is 4.52 Å². The lowest BCUT2D eigenvalue weighted by Crippen LogP contribution is -2.11. The second-order valence-corrected chi connectivity index (χ2v) is 9.06.